The predicted molar refractivity (Wildman–Crippen MR) is 77.3 cm³/mol. The van der Waals surface area contributed by atoms with Crippen molar-refractivity contribution in [2.75, 3.05) is 31.1 Å². The number of aliphatic hydroxyl groups excluding tert-OH is 1. The number of hydrogen-bond acceptors (Lipinski definition) is 4. The van der Waals surface area contributed by atoms with E-state index in [4.69, 9.17) is 0 Å². The van der Waals surface area contributed by atoms with Crippen LogP contribution < -0.4 is 10.2 Å². The Bertz CT molecular complexity index is 408. The Hall–Kier alpha value is -1.07. The van der Waals surface area contributed by atoms with Gasteiger partial charge in [0.25, 0.3) is 0 Å². The van der Waals surface area contributed by atoms with Crippen molar-refractivity contribution in [1.82, 2.24) is 15.1 Å². The van der Waals surface area contributed by atoms with Crippen LogP contribution in [0.25, 0.3) is 0 Å². The van der Waals surface area contributed by atoms with Crippen molar-refractivity contribution in [3.8, 4) is 0 Å². The van der Waals surface area contributed by atoms with Gasteiger partial charge in [-0.2, -0.15) is 5.10 Å². The Morgan fingerprint density at radius 2 is 2.05 bits per heavy atom. The number of nitrogens with zero attached hydrogens (tertiary/aromatic N) is 3. The molecule has 1 aromatic heterocycles. The van der Waals surface area contributed by atoms with Crippen molar-refractivity contribution >= 4 is 5.82 Å². The van der Waals surface area contributed by atoms with Gasteiger partial charge in [0.05, 0.1) is 5.69 Å². The van der Waals surface area contributed by atoms with Crippen LogP contribution in [0.1, 0.15) is 31.0 Å². The maximum atomic E-state index is 9.23. The maximum Gasteiger partial charge on any atom is 0.131 e. The summed E-state index contributed by atoms with van der Waals surface area (Å²) in [6.07, 6.45) is 2.14. The monoisotopic (exact) mass is 266 g/mol. The van der Waals surface area contributed by atoms with E-state index in [0.29, 0.717) is 12.5 Å². The first-order chi connectivity index (χ1) is 9.17. The van der Waals surface area contributed by atoms with Crippen molar-refractivity contribution in [3.63, 3.8) is 0 Å². The van der Waals surface area contributed by atoms with Crippen LogP contribution in [-0.2, 0) is 13.6 Å². The number of anilines is 1. The SMILES string of the molecule is CCNCc1c(C)nn(C)c1N1CCC(CO)CC1. The predicted octanol–water partition coefficient (Wildman–Crippen LogP) is 1.05. The minimum Gasteiger partial charge on any atom is -0.396 e. The smallest absolute Gasteiger partial charge is 0.131 e. The summed E-state index contributed by atoms with van der Waals surface area (Å²) in [7, 11) is 2.02. The molecule has 5 nitrogen and oxygen atoms in total. The van der Waals surface area contributed by atoms with Crippen LogP contribution in [0.5, 0.6) is 0 Å². The Labute approximate surface area is 115 Å². The van der Waals surface area contributed by atoms with Crippen molar-refractivity contribution in [2.24, 2.45) is 13.0 Å². The number of aryl methyl sites for hydroxylation is 2. The number of hydrogen-bond donors (Lipinski definition) is 2. The van der Waals surface area contributed by atoms with Gasteiger partial charge in [-0.05, 0) is 32.2 Å². The zero-order chi connectivity index (χ0) is 13.8. The third kappa shape index (κ3) is 3.09. The third-order valence-corrected chi connectivity index (χ3v) is 4.04. The molecule has 1 fully saturated rings. The highest BCUT2D eigenvalue weighted by molar-refractivity contribution is 5.50. The average Bonchev–Trinajstić information content (AvgIpc) is 2.71. The quantitative estimate of drug-likeness (QED) is 0.836. The summed E-state index contributed by atoms with van der Waals surface area (Å²) < 4.78 is 2.00. The number of rotatable bonds is 5. The minimum atomic E-state index is 0.322. The molecule has 0 aromatic carbocycles. The van der Waals surface area contributed by atoms with Crippen LogP contribution in [0.15, 0.2) is 0 Å². The second-order valence-corrected chi connectivity index (χ2v) is 5.40. The number of nitrogens with one attached hydrogen (secondary N) is 1. The van der Waals surface area contributed by atoms with Gasteiger partial charge in [-0.15, -0.1) is 0 Å². The zero-order valence-electron chi connectivity index (χ0n) is 12.3. The van der Waals surface area contributed by atoms with Crippen molar-refractivity contribution in [3.05, 3.63) is 11.3 Å². The first kappa shape index (κ1) is 14.3. The largest absolute Gasteiger partial charge is 0.396 e. The summed E-state index contributed by atoms with van der Waals surface area (Å²) >= 11 is 0. The zero-order valence-corrected chi connectivity index (χ0v) is 12.3. The van der Waals surface area contributed by atoms with E-state index in [9.17, 15) is 5.11 Å². The van der Waals surface area contributed by atoms with Gasteiger partial charge in [0, 0.05) is 38.9 Å². The van der Waals surface area contributed by atoms with Crippen LogP contribution in [0, 0.1) is 12.8 Å². The van der Waals surface area contributed by atoms with E-state index >= 15 is 0 Å². The fourth-order valence-corrected chi connectivity index (χ4v) is 2.87. The van der Waals surface area contributed by atoms with Gasteiger partial charge in [-0.25, -0.2) is 0 Å². The third-order valence-electron chi connectivity index (χ3n) is 4.04. The Balaban J connectivity index is 2.14. The van der Waals surface area contributed by atoms with Crippen LogP contribution in [0.3, 0.4) is 0 Å². The standard InChI is InChI=1S/C14H26N4O/c1-4-15-9-13-11(2)16-17(3)14(13)18-7-5-12(10-19)6-8-18/h12,15,19H,4-10H2,1-3H3. The van der Waals surface area contributed by atoms with Gasteiger partial charge in [0.1, 0.15) is 5.82 Å². The topological polar surface area (TPSA) is 53.3 Å². The molecule has 0 unspecified atom stereocenters. The molecule has 0 saturated carbocycles. The molecule has 0 amide bonds. The van der Waals surface area contributed by atoms with Gasteiger partial charge in [0.2, 0.25) is 0 Å². The maximum absolute atomic E-state index is 9.23. The number of aromatic nitrogens is 2. The second-order valence-electron chi connectivity index (χ2n) is 5.40. The molecule has 2 rings (SSSR count). The summed E-state index contributed by atoms with van der Waals surface area (Å²) in [5.74, 6) is 1.72. The molecule has 1 aliphatic heterocycles. The lowest BCUT2D eigenvalue weighted by atomic mass is 9.97. The first-order valence-electron chi connectivity index (χ1n) is 7.26. The molecule has 0 spiro atoms. The lowest BCUT2D eigenvalue weighted by molar-refractivity contribution is 0.202. The summed E-state index contributed by atoms with van der Waals surface area (Å²) in [4.78, 5) is 2.42. The van der Waals surface area contributed by atoms with E-state index in [0.717, 1.165) is 44.7 Å². The van der Waals surface area contributed by atoms with Gasteiger partial charge < -0.3 is 15.3 Å². The number of piperidine rings is 1. The molecule has 2 heterocycles. The Kier molecular flexibility index (Phi) is 4.82. The summed E-state index contributed by atoms with van der Waals surface area (Å²) in [6, 6.07) is 0. The van der Waals surface area contributed by atoms with E-state index in [2.05, 4.69) is 29.2 Å². The lowest BCUT2D eigenvalue weighted by Crippen LogP contribution is -2.36. The van der Waals surface area contributed by atoms with Crippen LogP contribution in [-0.4, -0.2) is 41.1 Å². The molecule has 0 atom stereocenters. The molecular weight excluding hydrogens is 240 g/mol. The van der Waals surface area contributed by atoms with E-state index in [1.165, 1.54) is 11.4 Å². The minimum absolute atomic E-state index is 0.322. The van der Waals surface area contributed by atoms with Crippen LogP contribution >= 0.6 is 0 Å². The highest BCUT2D eigenvalue weighted by Crippen LogP contribution is 2.27. The average molecular weight is 266 g/mol. The molecule has 5 heteroatoms. The van der Waals surface area contributed by atoms with Crippen LogP contribution in [0.2, 0.25) is 0 Å². The summed E-state index contributed by atoms with van der Waals surface area (Å²) in [5, 5.41) is 17.2. The molecule has 0 radical (unpaired) electrons. The van der Waals surface area contributed by atoms with Crippen molar-refractivity contribution < 1.29 is 5.11 Å². The summed E-state index contributed by atoms with van der Waals surface area (Å²) in [5.41, 5.74) is 2.43. The highest BCUT2D eigenvalue weighted by Gasteiger charge is 2.24. The molecular formula is C14H26N4O. The molecule has 0 aliphatic carbocycles. The molecule has 108 valence electrons. The normalized spacial score (nSPS) is 17.2. The van der Waals surface area contributed by atoms with E-state index in [1.54, 1.807) is 0 Å². The van der Waals surface area contributed by atoms with Gasteiger partial charge >= 0.3 is 0 Å². The van der Waals surface area contributed by atoms with E-state index < -0.39 is 0 Å². The second kappa shape index (κ2) is 6.39. The van der Waals surface area contributed by atoms with Gasteiger partial charge in [0.15, 0.2) is 0 Å². The molecule has 1 aliphatic rings. The Morgan fingerprint density at radius 1 is 1.37 bits per heavy atom. The fraction of sp³-hybridized carbons (Fsp3) is 0.786. The first-order valence-corrected chi connectivity index (χ1v) is 7.26. The number of aliphatic hydroxyl groups is 1. The van der Waals surface area contributed by atoms with E-state index in [-0.39, 0.29) is 0 Å². The van der Waals surface area contributed by atoms with Crippen molar-refractivity contribution in [1.29, 1.82) is 0 Å². The highest BCUT2D eigenvalue weighted by atomic mass is 16.3. The molecule has 2 N–H and O–H groups in total. The van der Waals surface area contributed by atoms with Gasteiger partial charge in [-0.1, -0.05) is 6.92 Å². The van der Waals surface area contributed by atoms with Crippen molar-refractivity contribution in [2.45, 2.75) is 33.2 Å². The van der Waals surface area contributed by atoms with Gasteiger partial charge in [-0.3, -0.25) is 4.68 Å². The van der Waals surface area contributed by atoms with E-state index in [1.807, 2.05) is 11.7 Å². The molecule has 19 heavy (non-hydrogen) atoms. The summed E-state index contributed by atoms with van der Waals surface area (Å²) in [6.45, 7) is 8.41. The fourth-order valence-electron chi connectivity index (χ4n) is 2.87. The molecule has 0 bridgehead atoms. The lowest BCUT2D eigenvalue weighted by Gasteiger charge is -2.33. The molecule has 1 saturated heterocycles. The van der Waals surface area contributed by atoms with Crippen LogP contribution in [0.4, 0.5) is 5.82 Å². The molecule has 1 aromatic rings. The Morgan fingerprint density at radius 3 is 2.63 bits per heavy atom.